The van der Waals surface area contributed by atoms with E-state index in [9.17, 15) is 13.2 Å². The number of nitrogens with one attached hydrogen (secondary N) is 2. The molecule has 0 aliphatic rings. The fraction of sp³-hybridized carbons (Fsp3) is 0.143. The van der Waals surface area contributed by atoms with Gasteiger partial charge in [0.15, 0.2) is 0 Å². The molecule has 2 N–H and O–H groups in total. The summed E-state index contributed by atoms with van der Waals surface area (Å²) in [7, 11) is -1.65. The van der Waals surface area contributed by atoms with Gasteiger partial charge in [0.1, 0.15) is 9.39 Å². The van der Waals surface area contributed by atoms with Gasteiger partial charge in [-0.2, -0.15) is 5.10 Å². The lowest BCUT2D eigenvalue weighted by Gasteiger charge is -2.12. The summed E-state index contributed by atoms with van der Waals surface area (Å²) in [5, 5.41) is 8.00. The zero-order valence-corrected chi connectivity index (χ0v) is 20.4. The Labute approximate surface area is 198 Å². The van der Waals surface area contributed by atoms with Crippen molar-refractivity contribution in [2.45, 2.75) is 6.92 Å². The Balaban J connectivity index is 1.80. The van der Waals surface area contributed by atoms with Crippen LogP contribution in [0.5, 0.6) is 0 Å². The van der Waals surface area contributed by atoms with E-state index >= 15 is 0 Å². The summed E-state index contributed by atoms with van der Waals surface area (Å²) in [4.78, 5) is 21.4. The molecule has 4 aromatic rings. The molecule has 1 amide bonds. The number of benzene rings is 1. The van der Waals surface area contributed by atoms with Crippen molar-refractivity contribution in [2.75, 3.05) is 16.3 Å². The third kappa shape index (κ3) is 4.72. The summed E-state index contributed by atoms with van der Waals surface area (Å²) in [6.07, 6.45) is 4.42. The summed E-state index contributed by atoms with van der Waals surface area (Å²) in [6, 6.07) is 10.7. The molecular formula is C21H19IN6O3S. The van der Waals surface area contributed by atoms with Crippen LogP contribution in [0.15, 0.2) is 48.8 Å². The minimum atomic E-state index is -3.46. The molecule has 0 aliphatic carbocycles. The Bertz CT molecular complexity index is 1470. The van der Waals surface area contributed by atoms with E-state index in [2.05, 4.69) is 25.1 Å². The summed E-state index contributed by atoms with van der Waals surface area (Å²) in [5.74, 6) is -0.337. The number of carbonyl (C=O) groups excluding carboxylic acids is 1. The first-order chi connectivity index (χ1) is 15.1. The average Bonchev–Trinajstić information content (AvgIpc) is 3.10. The van der Waals surface area contributed by atoms with Gasteiger partial charge in [0.25, 0.3) is 5.91 Å². The Morgan fingerprint density at radius 2 is 1.84 bits per heavy atom. The van der Waals surface area contributed by atoms with Crippen molar-refractivity contribution >= 4 is 60.8 Å². The Hall–Kier alpha value is -3.06. The monoisotopic (exact) mass is 562 g/mol. The fourth-order valence-electron chi connectivity index (χ4n) is 3.25. The van der Waals surface area contributed by atoms with Gasteiger partial charge in [0, 0.05) is 29.9 Å². The van der Waals surface area contributed by atoms with Gasteiger partial charge < -0.3 is 5.32 Å². The highest BCUT2D eigenvalue weighted by Crippen LogP contribution is 2.33. The van der Waals surface area contributed by atoms with E-state index in [0.717, 1.165) is 28.4 Å². The molecule has 0 fully saturated rings. The number of anilines is 2. The second-order valence-electron chi connectivity index (χ2n) is 7.28. The van der Waals surface area contributed by atoms with Gasteiger partial charge in [0.2, 0.25) is 10.0 Å². The van der Waals surface area contributed by atoms with Crippen molar-refractivity contribution in [3.8, 4) is 11.1 Å². The SMILES string of the molecule is Cc1cccc(C(=O)Nc2cc(-c3cnc(I)c(NS(C)(=O)=O)c3)cc3c2cnn3C)n1. The van der Waals surface area contributed by atoms with Crippen LogP contribution >= 0.6 is 22.6 Å². The number of carbonyl (C=O) groups is 1. The molecule has 164 valence electrons. The number of fused-ring (bicyclic) bond motifs is 1. The molecule has 11 heteroatoms. The molecule has 3 heterocycles. The van der Waals surface area contributed by atoms with Gasteiger partial charge in [-0.25, -0.2) is 18.4 Å². The molecule has 0 saturated heterocycles. The topological polar surface area (TPSA) is 119 Å². The van der Waals surface area contributed by atoms with Gasteiger partial charge in [-0.1, -0.05) is 6.07 Å². The van der Waals surface area contributed by atoms with Crippen LogP contribution in [0.2, 0.25) is 0 Å². The van der Waals surface area contributed by atoms with Crippen molar-refractivity contribution in [3.05, 3.63) is 63.9 Å². The van der Waals surface area contributed by atoms with E-state index in [1.807, 2.05) is 54.8 Å². The molecule has 0 unspecified atom stereocenters. The van der Waals surface area contributed by atoms with Crippen molar-refractivity contribution in [3.63, 3.8) is 0 Å². The van der Waals surface area contributed by atoms with E-state index in [-0.39, 0.29) is 5.91 Å². The van der Waals surface area contributed by atoms with E-state index in [4.69, 9.17) is 0 Å². The van der Waals surface area contributed by atoms with Crippen LogP contribution < -0.4 is 10.0 Å². The molecule has 0 saturated carbocycles. The fourth-order valence-corrected chi connectivity index (χ4v) is 4.42. The normalized spacial score (nSPS) is 11.5. The number of hydrogen-bond acceptors (Lipinski definition) is 6. The standard InChI is InChI=1S/C21H19IN6O3S/c1-12-5-4-6-16(25-12)21(29)26-17-7-13(9-19-15(17)11-24-28(19)2)14-8-18(20(22)23-10-14)27-32(3,30)31/h4-11,27H,1-3H3,(H,26,29). The van der Waals surface area contributed by atoms with Crippen molar-refractivity contribution < 1.29 is 13.2 Å². The largest absolute Gasteiger partial charge is 0.320 e. The Morgan fingerprint density at radius 1 is 1.09 bits per heavy atom. The minimum absolute atomic E-state index is 0.308. The lowest BCUT2D eigenvalue weighted by atomic mass is 10.0. The predicted octanol–water partition coefficient (Wildman–Crippen LogP) is 3.57. The number of nitrogens with zero attached hydrogens (tertiary/aromatic N) is 4. The number of pyridine rings is 2. The third-order valence-corrected chi connectivity index (χ3v) is 6.15. The molecule has 0 atom stereocenters. The van der Waals surface area contributed by atoms with Gasteiger partial charge >= 0.3 is 0 Å². The molecule has 0 aliphatic heterocycles. The number of amides is 1. The maximum Gasteiger partial charge on any atom is 0.274 e. The summed E-state index contributed by atoms with van der Waals surface area (Å²) >= 11 is 1.97. The van der Waals surface area contributed by atoms with Crippen LogP contribution in [0, 0.1) is 10.6 Å². The molecular weight excluding hydrogens is 543 g/mol. The second-order valence-corrected chi connectivity index (χ2v) is 10.0. The molecule has 0 spiro atoms. The second kappa shape index (κ2) is 8.47. The summed E-state index contributed by atoms with van der Waals surface area (Å²) in [5.41, 5.74) is 4.22. The molecule has 9 nitrogen and oxygen atoms in total. The quantitative estimate of drug-likeness (QED) is 0.284. The highest BCUT2D eigenvalue weighted by Gasteiger charge is 2.16. The minimum Gasteiger partial charge on any atom is -0.320 e. The smallest absolute Gasteiger partial charge is 0.274 e. The lowest BCUT2D eigenvalue weighted by molar-refractivity contribution is 0.102. The molecule has 0 bridgehead atoms. The highest BCUT2D eigenvalue weighted by molar-refractivity contribution is 14.1. The van der Waals surface area contributed by atoms with E-state index < -0.39 is 10.0 Å². The van der Waals surface area contributed by atoms with Crippen molar-refractivity contribution in [2.24, 2.45) is 7.05 Å². The first-order valence-electron chi connectivity index (χ1n) is 9.45. The predicted molar refractivity (Wildman–Crippen MR) is 132 cm³/mol. The third-order valence-electron chi connectivity index (χ3n) is 4.70. The lowest BCUT2D eigenvalue weighted by Crippen LogP contribution is -2.14. The van der Waals surface area contributed by atoms with Crippen LogP contribution in [-0.2, 0) is 17.1 Å². The number of aryl methyl sites for hydroxylation is 2. The van der Waals surface area contributed by atoms with Crippen LogP contribution in [0.3, 0.4) is 0 Å². The van der Waals surface area contributed by atoms with Crippen molar-refractivity contribution in [1.29, 1.82) is 0 Å². The molecule has 0 radical (unpaired) electrons. The number of rotatable bonds is 5. The average molecular weight is 562 g/mol. The number of aromatic nitrogens is 4. The van der Waals surface area contributed by atoms with Crippen LogP contribution in [0.4, 0.5) is 11.4 Å². The van der Waals surface area contributed by atoms with Gasteiger partial charge in [-0.3, -0.25) is 14.2 Å². The van der Waals surface area contributed by atoms with Gasteiger partial charge in [-0.05, 0) is 65.4 Å². The van der Waals surface area contributed by atoms with E-state index in [1.165, 1.54) is 0 Å². The first kappa shape index (κ1) is 22.1. The maximum absolute atomic E-state index is 12.8. The first-order valence-corrected chi connectivity index (χ1v) is 12.4. The van der Waals surface area contributed by atoms with Crippen molar-refractivity contribution in [1.82, 2.24) is 19.7 Å². The van der Waals surface area contributed by atoms with Crippen LogP contribution in [0.25, 0.3) is 22.0 Å². The van der Waals surface area contributed by atoms with Crippen LogP contribution in [0.1, 0.15) is 16.2 Å². The molecule has 1 aromatic carbocycles. The molecule has 4 rings (SSSR count). The zero-order valence-electron chi connectivity index (χ0n) is 17.4. The Kier molecular flexibility index (Phi) is 5.86. The maximum atomic E-state index is 12.8. The van der Waals surface area contributed by atoms with E-state index in [0.29, 0.717) is 26.3 Å². The van der Waals surface area contributed by atoms with Gasteiger partial charge in [-0.15, -0.1) is 0 Å². The zero-order chi connectivity index (χ0) is 23.0. The highest BCUT2D eigenvalue weighted by atomic mass is 127. The molecule has 32 heavy (non-hydrogen) atoms. The number of sulfonamides is 1. The molecule has 3 aromatic heterocycles. The van der Waals surface area contributed by atoms with E-state index in [1.54, 1.807) is 35.3 Å². The number of halogens is 1. The van der Waals surface area contributed by atoms with Gasteiger partial charge in [0.05, 0.1) is 29.3 Å². The summed E-state index contributed by atoms with van der Waals surface area (Å²) < 4.78 is 28.1. The van der Waals surface area contributed by atoms with Crippen LogP contribution in [-0.4, -0.2) is 40.3 Å². The summed E-state index contributed by atoms with van der Waals surface area (Å²) in [6.45, 7) is 1.82. The number of hydrogen-bond donors (Lipinski definition) is 2. The Morgan fingerprint density at radius 3 is 2.56 bits per heavy atom.